The van der Waals surface area contributed by atoms with Crippen molar-refractivity contribution in [2.24, 2.45) is 17.2 Å². The zero-order valence-corrected chi connectivity index (χ0v) is 23.0. The zero-order valence-electron chi connectivity index (χ0n) is 23.0. The summed E-state index contributed by atoms with van der Waals surface area (Å²) in [5.74, 6) is -1.49. The molecule has 42 heavy (non-hydrogen) atoms. The van der Waals surface area contributed by atoms with Crippen LogP contribution >= 0.6 is 0 Å². The Hall–Kier alpha value is -3.50. The molecule has 9 N–H and O–H groups in total. The molecule has 1 heterocycles. The molecule has 2 aromatic rings. The van der Waals surface area contributed by atoms with Crippen molar-refractivity contribution in [3.63, 3.8) is 0 Å². The second-order valence-corrected chi connectivity index (χ2v) is 9.96. The number of nitrogens with one attached hydrogen (secondary N) is 2. The van der Waals surface area contributed by atoms with Crippen molar-refractivity contribution >= 4 is 36.0 Å². The average Bonchev–Trinajstić information content (AvgIpc) is 3.32. The second kappa shape index (κ2) is 15.1. The van der Waals surface area contributed by atoms with E-state index in [2.05, 4.69) is 10.6 Å². The van der Waals surface area contributed by atoms with E-state index in [-0.39, 0.29) is 51.3 Å². The summed E-state index contributed by atoms with van der Waals surface area (Å²) < 4.78 is 44.0. The van der Waals surface area contributed by atoms with E-state index in [1.807, 2.05) is 0 Å². The predicted molar refractivity (Wildman–Crippen MR) is 151 cm³/mol. The fraction of sp³-hybridized carbons (Fsp3) is 0.444. The standard InChI is InChI=1S/C27H36BF3N6O5/c29-27(30,31)19-4-1-17(2-5-19)3-9-23(26(40)35-20-6-7-21-18(15-20)16-42-28(21)41)36-25(39)22(34)8-10-24(38)37(13-11-32)14-12-33/h1-2,4-7,15,22-23,41H,3,8-14,16,32-34H2,(H,35,40)(H,36,39). The van der Waals surface area contributed by atoms with E-state index in [4.69, 9.17) is 21.9 Å². The summed E-state index contributed by atoms with van der Waals surface area (Å²) >= 11 is 0. The molecule has 0 spiro atoms. The van der Waals surface area contributed by atoms with Gasteiger partial charge >= 0.3 is 13.3 Å². The molecule has 3 rings (SSSR count). The molecule has 2 atom stereocenters. The van der Waals surface area contributed by atoms with Gasteiger partial charge in [-0.2, -0.15) is 13.2 Å². The van der Waals surface area contributed by atoms with Crippen LogP contribution in [-0.2, 0) is 38.2 Å². The molecule has 2 unspecified atom stereocenters. The Balaban J connectivity index is 1.68. The Morgan fingerprint density at radius 1 is 1.02 bits per heavy atom. The molecule has 0 aromatic heterocycles. The van der Waals surface area contributed by atoms with E-state index in [1.54, 1.807) is 18.2 Å². The number of carbonyl (C=O) groups excluding carboxylic acids is 3. The number of alkyl halides is 3. The number of nitrogens with two attached hydrogens (primary N) is 3. The van der Waals surface area contributed by atoms with Crippen LogP contribution in [0.5, 0.6) is 0 Å². The zero-order chi connectivity index (χ0) is 30.9. The largest absolute Gasteiger partial charge is 0.491 e. The summed E-state index contributed by atoms with van der Waals surface area (Å²) in [4.78, 5) is 40.2. The molecule has 0 fully saturated rings. The van der Waals surface area contributed by atoms with E-state index in [0.717, 1.165) is 12.1 Å². The van der Waals surface area contributed by atoms with Crippen LogP contribution < -0.4 is 33.3 Å². The Morgan fingerprint density at radius 2 is 1.69 bits per heavy atom. The van der Waals surface area contributed by atoms with E-state index in [9.17, 15) is 32.6 Å². The third kappa shape index (κ3) is 9.26. The summed E-state index contributed by atoms with van der Waals surface area (Å²) in [5.41, 5.74) is 18.5. The van der Waals surface area contributed by atoms with E-state index in [1.165, 1.54) is 17.0 Å². The highest BCUT2D eigenvalue weighted by Gasteiger charge is 2.31. The molecule has 15 heteroatoms. The van der Waals surface area contributed by atoms with Gasteiger partial charge in [-0.3, -0.25) is 14.4 Å². The average molecular weight is 592 g/mol. The number of fused-ring (bicyclic) bond motifs is 1. The number of carbonyl (C=O) groups is 3. The van der Waals surface area contributed by atoms with Gasteiger partial charge in [0.25, 0.3) is 0 Å². The lowest BCUT2D eigenvalue weighted by Gasteiger charge is -2.23. The molecular formula is C27H36BF3N6O5. The van der Waals surface area contributed by atoms with Gasteiger partial charge in [-0.05, 0) is 60.1 Å². The van der Waals surface area contributed by atoms with Gasteiger partial charge < -0.3 is 42.4 Å². The second-order valence-electron chi connectivity index (χ2n) is 9.96. The molecule has 0 aliphatic carbocycles. The molecule has 2 aromatic carbocycles. The van der Waals surface area contributed by atoms with Crippen molar-refractivity contribution in [2.75, 3.05) is 31.5 Å². The number of halogens is 3. The maximum Gasteiger partial charge on any atom is 0.491 e. The third-order valence-electron chi connectivity index (χ3n) is 6.87. The Labute approximate surface area is 242 Å². The number of hydrogen-bond acceptors (Lipinski definition) is 8. The van der Waals surface area contributed by atoms with Gasteiger partial charge in [-0.15, -0.1) is 0 Å². The van der Waals surface area contributed by atoms with Crippen molar-refractivity contribution < 1.29 is 37.2 Å². The SMILES string of the molecule is NCCN(CCN)C(=O)CCC(N)C(=O)NC(CCc1ccc(C(F)(F)F)cc1)C(=O)Nc1ccc2c(c1)COB2O. The maximum absolute atomic E-state index is 13.3. The summed E-state index contributed by atoms with van der Waals surface area (Å²) in [5, 5.41) is 15.2. The van der Waals surface area contributed by atoms with Gasteiger partial charge in [0, 0.05) is 38.3 Å². The van der Waals surface area contributed by atoms with Crippen LogP contribution in [0.15, 0.2) is 42.5 Å². The lowest BCUT2D eigenvalue weighted by molar-refractivity contribution is -0.137. The summed E-state index contributed by atoms with van der Waals surface area (Å²) in [6.45, 7) is 1.31. The lowest BCUT2D eigenvalue weighted by atomic mass is 9.79. The van der Waals surface area contributed by atoms with Crippen LogP contribution in [0.4, 0.5) is 18.9 Å². The summed E-state index contributed by atoms with van der Waals surface area (Å²) in [7, 11) is -1.05. The number of hydrogen-bond donors (Lipinski definition) is 6. The van der Waals surface area contributed by atoms with Crippen molar-refractivity contribution in [1.82, 2.24) is 10.2 Å². The van der Waals surface area contributed by atoms with Gasteiger partial charge in [0.1, 0.15) is 6.04 Å². The van der Waals surface area contributed by atoms with Gasteiger partial charge in [-0.1, -0.05) is 18.2 Å². The fourth-order valence-electron chi connectivity index (χ4n) is 4.50. The number of aryl methyl sites for hydroxylation is 1. The minimum Gasteiger partial charge on any atom is -0.423 e. The molecule has 1 aliphatic rings. The summed E-state index contributed by atoms with van der Waals surface area (Å²) in [6, 6.07) is 7.18. The quantitative estimate of drug-likeness (QED) is 0.163. The third-order valence-corrected chi connectivity index (χ3v) is 6.87. The van der Waals surface area contributed by atoms with Crippen LogP contribution in [-0.4, -0.2) is 73.0 Å². The highest BCUT2D eigenvalue weighted by atomic mass is 19.4. The van der Waals surface area contributed by atoms with Crippen molar-refractivity contribution in [1.29, 1.82) is 0 Å². The number of benzene rings is 2. The predicted octanol–water partition coefficient (Wildman–Crippen LogP) is -0.167. The number of amides is 3. The molecule has 1 aliphatic heterocycles. The van der Waals surface area contributed by atoms with Crippen molar-refractivity contribution in [2.45, 2.75) is 50.6 Å². The van der Waals surface area contributed by atoms with Crippen molar-refractivity contribution in [3.05, 3.63) is 59.2 Å². The maximum atomic E-state index is 13.3. The van der Waals surface area contributed by atoms with Crippen LogP contribution in [0.3, 0.4) is 0 Å². The highest BCUT2D eigenvalue weighted by molar-refractivity contribution is 6.61. The van der Waals surface area contributed by atoms with E-state index >= 15 is 0 Å². The van der Waals surface area contributed by atoms with Crippen LogP contribution in [0.1, 0.15) is 36.0 Å². The number of rotatable bonds is 14. The molecule has 0 bridgehead atoms. The Kier molecular flexibility index (Phi) is 11.9. The molecule has 3 amide bonds. The smallest absolute Gasteiger partial charge is 0.423 e. The molecule has 0 saturated carbocycles. The van der Waals surface area contributed by atoms with Crippen LogP contribution in [0.25, 0.3) is 0 Å². The first kappa shape index (κ1) is 33.0. The molecular weight excluding hydrogens is 556 g/mol. The molecule has 0 saturated heterocycles. The minimum atomic E-state index is -4.48. The first-order valence-corrected chi connectivity index (χ1v) is 13.6. The Bertz CT molecular complexity index is 1230. The van der Waals surface area contributed by atoms with Crippen LogP contribution in [0, 0.1) is 0 Å². The van der Waals surface area contributed by atoms with Gasteiger partial charge in [0.15, 0.2) is 0 Å². The minimum absolute atomic E-state index is 0.0106. The van der Waals surface area contributed by atoms with Gasteiger partial charge in [0.05, 0.1) is 18.2 Å². The molecule has 11 nitrogen and oxygen atoms in total. The van der Waals surface area contributed by atoms with E-state index in [0.29, 0.717) is 35.4 Å². The number of anilines is 1. The fourth-order valence-corrected chi connectivity index (χ4v) is 4.50. The lowest BCUT2D eigenvalue weighted by Crippen LogP contribution is -2.50. The summed E-state index contributed by atoms with van der Waals surface area (Å²) in [6.07, 6.45) is -4.25. The normalized spacial score (nSPS) is 14.2. The first-order valence-electron chi connectivity index (χ1n) is 13.6. The monoisotopic (exact) mass is 592 g/mol. The molecule has 0 radical (unpaired) electrons. The van der Waals surface area contributed by atoms with Gasteiger partial charge in [-0.25, -0.2) is 0 Å². The van der Waals surface area contributed by atoms with Gasteiger partial charge in [0.2, 0.25) is 17.7 Å². The molecule has 228 valence electrons. The van der Waals surface area contributed by atoms with Crippen molar-refractivity contribution in [3.8, 4) is 0 Å². The topological polar surface area (TPSA) is 186 Å². The number of nitrogens with zero attached hydrogens (tertiary/aromatic N) is 1. The first-order chi connectivity index (χ1) is 19.9. The highest BCUT2D eigenvalue weighted by Crippen LogP contribution is 2.29. The van der Waals surface area contributed by atoms with E-state index < -0.39 is 42.8 Å². The Morgan fingerprint density at radius 3 is 2.31 bits per heavy atom. The van der Waals surface area contributed by atoms with Crippen LogP contribution in [0.2, 0.25) is 0 Å².